The molecule has 7 nitrogen and oxygen atoms in total. The van der Waals surface area contributed by atoms with Gasteiger partial charge in [-0.15, -0.1) is 11.3 Å². The quantitative estimate of drug-likeness (QED) is 0.824. The van der Waals surface area contributed by atoms with Gasteiger partial charge in [0, 0.05) is 57.0 Å². The van der Waals surface area contributed by atoms with Crippen molar-refractivity contribution in [1.29, 1.82) is 0 Å². The minimum atomic E-state index is -0.0313. The maximum absolute atomic E-state index is 12.8. The fraction of sp³-hybridized carbons (Fsp3) is 0.550. The first kappa shape index (κ1) is 19.3. The fourth-order valence-electron chi connectivity index (χ4n) is 4.09. The van der Waals surface area contributed by atoms with E-state index in [-0.39, 0.29) is 24.0 Å². The average Bonchev–Trinajstić information content (AvgIpc) is 3.21. The van der Waals surface area contributed by atoms with Crippen LogP contribution in [0.1, 0.15) is 40.7 Å². The number of thiophene rings is 1. The highest BCUT2D eigenvalue weighted by molar-refractivity contribution is 7.09. The maximum atomic E-state index is 12.8. The number of methoxy groups -OCH3 is 1. The molecule has 0 spiro atoms. The number of aromatic amines is 1. The number of ether oxygens (including phenoxy) is 1. The first-order valence-electron chi connectivity index (χ1n) is 9.77. The molecule has 1 saturated heterocycles. The summed E-state index contributed by atoms with van der Waals surface area (Å²) >= 11 is 1.74. The molecule has 0 saturated carbocycles. The summed E-state index contributed by atoms with van der Waals surface area (Å²) in [6, 6.07) is 4.19. The Morgan fingerprint density at radius 2 is 2.32 bits per heavy atom. The molecule has 0 bridgehead atoms. The van der Waals surface area contributed by atoms with Crippen molar-refractivity contribution in [2.45, 2.75) is 38.3 Å². The fourth-order valence-corrected chi connectivity index (χ4v) is 4.84. The molecule has 28 heavy (non-hydrogen) atoms. The molecule has 0 unspecified atom stereocenters. The van der Waals surface area contributed by atoms with E-state index >= 15 is 0 Å². The summed E-state index contributed by atoms with van der Waals surface area (Å²) in [6.45, 7) is 3.85. The Bertz CT molecular complexity index is 880. The monoisotopic (exact) mass is 402 g/mol. The molecule has 8 heteroatoms. The molecule has 0 radical (unpaired) electrons. The zero-order chi connectivity index (χ0) is 19.5. The van der Waals surface area contributed by atoms with E-state index in [0.717, 1.165) is 56.0 Å². The van der Waals surface area contributed by atoms with Crippen molar-refractivity contribution in [2.75, 3.05) is 33.4 Å². The van der Waals surface area contributed by atoms with Crippen molar-refractivity contribution < 1.29 is 9.53 Å². The van der Waals surface area contributed by atoms with E-state index in [9.17, 15) is 9.59 Å². The van der Waals surface area contributed by atoms with Crippen LogP contribution in [0.5, 0.6) is 0 Å². The normalized spacial score (nSPS) is 20.2. The second-order valence-electron chi connectivity index (χ2n) is 7.53. The molecule has 2 aromatic rings. The van der Waals surface area contributed by atoms with Gasteiger partial charge < -0.3 is 14.6 Å². The number of nitrogens with one attached hydrogen (secondary N) is 1. The Labute approximate surface area is 168 Å². The first-order valence-corrected chi connectivity index (χ1v) is 10.7. The number of hydrogen-bond donors (Lipinski definition) is 1. The Balaban J connectivity index is 1.48. The smallest absolute Gasteiger partial charge is 0.255 e. The average molecular weight is 403 g/mol. The van der Waals surface area contributed by atoms with Crippen molar-refractivity contribution in [2.24, 2.45) is 0 Å². The van der Waals surface area contributed by atoms with E-state index in [2.05, 4.69) is 27.4 Å². The van der Waals surface area contributed by atoms with Gasteiger partial charge in [-0.2, -0.15) is 0 Å². The lowest BCUT2D eigenvalue weighted by atomic mass is 9.96. The highest BCUT2D eigenvalue weighted by Gasteiger charge is 2.28. The van der Waals surface area contributed by atoms with Crippen molar-refractivity contribution in [3.05, 3.63) is 49.8 Å². The summed E-state index contributed by atoms with van der Waals surface area (Å²) in [5.41, 5.74) is 1.67. The molecule has 0 aliphatic carbocycles. The number of nitrogens with zero attached hydrogens (tertiary/aromatic N) is 3. The topological polar surface area (TPSA) is 78.5 Å². The van der Waals surface area contributed by atoms with Crippen molar-refractivity contribution in [1.82, 2.24) is 19.8 Å². The summed E-state index contributed by atoms with van der Waals surface area (Å²) in [5, 5.41) is 2.08. The molecule has 1 amide bonds. The van der Waals surface area contributed by atoms with E-state index in [0.29, 0.717) is 13.1 Å². The Morgan fingerprint density at radius 3 is 3.11 bits per heavy atom. The molecule has 0 aromatic carbocycles. The number of amides is 1. The molecule has 4 heterocycles. The van der Waals surface area contributed by atoms with Gasteiger partial charge in [-0.25, -0.2) is 4.98 Å². The van der Waals surface area contributed by atoms with Gasteiger partial charge in [-0.1, -0.05) is 6.07 Å². The molecule has 1 atom stereocenters. The van der Waals surface area contributed by atoms with E-state index in [1.54, 1.807) is 11.3 Å². The third-order valence-corrected chi connectivity index (χ3v) is 6.42. The third kappa shape index (κ3) is 4.19. The van der Waals surface area contributed by atoms with Gasteiger partial charge in [0.1, 0.15) is 12.4 Å². The number of aromatic nitrogens is 2. The van der Waals surface area contributed by atoms with Crippen LogP contribution in [-0.2, 0) is 29.0 Å². The van der Waals surface area contributed by atoms with Crippen LogP contribution in [0, 0.1) is 0 Å². The number of rotatable bonds is 5. The van der Waals surface area contributed by atoms with Crippen LogP contribution in [0.3, 0.4) is 0 Å². The summed E-state index contributed by atoms with van der Waals surface area (Å²) < 4.78 is 4.97. The number of likely N-dealkylation sites (tertiary alicyclic amines) is 1. The lowest BCUT2D eigenvalue weighted by molar-refractivity contribution is -0.136. The number of H-pyrrole nitrogens is 1. The SMILES string of the molecule is COCC(=O)N1CCC[C@H](c2nc3c(c(=O)[nH]2)CN(Cc2cccs2)CC3)C1. The number of fused-ring (bicyclic) bond motifs is 1. The van der Waals surface area contributed by atoms with Crippen LogP contribution in [0.2, 0.25) is 0 Å². The summed E-state index contributed by atoms with van der Waals surface area (Å²) in [7, 11) is 1.53. The van der Waals surface area contributed by atoms with E-state index in [1.165, 1.54) is 12.0 Å². The molecule has 4 rings (SSSR count). The van der Waals surface area contributed by atoms with Gasteiger partial charge in [-0.3, -0.25) is 14.5 Å². The second-order valence-corrected chi connectivity index (χ2v) is 8.56. The lowest BCUT2D eigenvalue weighted by Crippen LogP contribution is -2.42. The van der Waals surface area contributed by atoms with Gasteiger partial charge in [0.15, 0.2) is 0 Å². The first-order chi connectivity index (χ1) is 13.6. The molecular formula is C20H26N4O3S. The third-order valence-electron chi connectivity index (χ3n) is 5.55. The van der Waals surface area contributed by atoms with Crippen molar-refractivity contribution in [3.63, 3.8) is 0 Å². The zero-order valence-corrected chi connectivity index (χ0v) is 17.0. The molecule has 2 aromatic heterocycles. The van der Waals surface area contributed by atoms with Gasteiger partial charge in [0.25, 0.3) is 5.56 Å². The highest BCUT2D eigenvalue weighted by atomic mass is 32.1. The molecule has 1 N–H and O–H groups in total. The Hall–Kier alpha value is -2.03. The second kappa shape index (κ2) is 8.55. The lowest BCUT2D eigenvalue weighted by Gasteiger charge is -2.33. The van der Waals surface area contributed by atoms with Gasteiger partial charge >= 0.3 is 0 Å². The van der Waals surface area contributed by atoms with Crippen LogP contribution in [-0.4, -0.2) is 59.0 Å². The van der Waals surface area contributed by atoms with E-state index in [1.807, 2.05) is 4.90 Å². The summed E-state index contributed by atoms with van der Waals surface area (Å²) in [4.78, 5) is 38.2. The molecule has 150 valence electrons. The Kier molecular flexibility index (Phi) is 5.89. The van der Waals surface area contributed by atoms with Gasteiger partial charge in [-0.05, 0) is 24.3 Å². The van der Waals surface area contributed by atoms with Crippen LogP contribution in [0.15, 0.2) is 22.3 Å². The minimum absolute atomic E-state index is 0.00303. The predicted molar refractivity (Wildman–Crippen MR) is 107 cm³/mol. The summed E-state index contributed by atoms with van der Waals surface area (Å²) in [5.74, 6) is 0.804. The molecular weight excluding hydrogens is 376 g/mol. The highest BCUT2D eigenvalue weighted by Crippen LogP contribution is 2.26. The van der Waals surface area contributed by atoms with Crippen LogP contribution in [0.4, 0.5) is 0 Å². The van der Waals surface area contributed by atoms with Gasteiger partial charge in [0.2, 0.25) is 5.91 Å². The standard InChI is InChI=1S/C20H26N4O3S/c1-27-13-18(25)24-7-2-4-14(10-24)19-21-17-6-8-23(11-15-5-3-9-28-15)12-16(17)20(26)22-19/h3,5,9,14H,2,4,6-8,10-13H2,1H3,(H,21,22,26)/t14-/m0/s1. The zero-order valence-electron chi connectivity index (χ0n) is 16.1. The van der Waals surface area contributed by atoms with Crippen LogP contribution >= 0.6 is 11.3 Å². The minimum Gasteiger partial charge on any atom is -0.375 e. The van der Waals surface area contributed by atoms with Crippen molar-refractivity contribution >= 4 is 17.2 Å². The van der Waals surface area contributed by atoms with Crippen LogP contribution in [0.25, 0.3) is 0 Å². The number of hydrogen-bond acceptors (Lipinski definition) is 6. The van der Waals surface area contributed by atoms with Gasteiger partial charge in [0.05, 0.1) is 11.3 Å². The van der Waals surface area contributed by atoms with E-state index in [4.69, 9.17) is 9.72 Å². The Morgan fingerprint density at radius 1 is 1.43 bits per heavy atom. The van der Waals surface area contributed by atoms with Crippen molar-refractivity contribution in [3.8, 4) is 0 Å². The summed E-state index contributed by atoms with van der Waals surface area (Å²) in [6.07, 6.45) is 2.63. The number of piperidine rings is 1. The molecule has 2 aliphatic heterocycles. The molecule has 2 aliphatic rings. The number of carbonyl (C=O) groups excluding carboxylic acids is 1. The van der Waals surface area contributed by atoms with E-state index < -0.39 is 0 Å². The maximum Gasteiger partial charge on any atom is 0.255 e. The largest absolute Gasteiger partial charge is 0.375 e. The van der Waals surface area contributed by atoms with Crippen LogP contribution < -0.4 is 5.56 Å². The number of carbonyl (C=O) groups is 1. The molecule has 1 fully saturated rings. The predicted octanol–water partition coefficient (Wildman–Crippen LogP) is 1.74.